The molecule has 1 atom stereocenters. The SMILES string of the molecule is Cc1nn(C)c2c1C(c1ccc(-n3cc(C(F)(F)F)cn3)cc1)N(c1ccc3[nH]cnc3c1)C2=O. The normalized spacial score (nSPS) is 15.9. The zero-order valence-corrected chi connectivity index (χ0v) is 18.6. The van der Waals surface area contributed by atoms with E-state index in [0.29, 0.717) is 17.1 Å². The zero-order valence-electron chi connectivity index (χ0n) is 18.6. The summed E-state index contributed by atoms with van der Waals surface area (Å²) in [6.45, 7) is 1.86. The highest BCUT2D eigenvalue weighted by molar-refractivity contribution is 6.11. The number of aromatic nitrogens is 6. The number of aryl methyl sites for hydroxylation is 2. The van der Waals surface area contributed by atoms with Gasteiger partial charge in [0.15, 0.2) is 0 Å². The van der Waals surface area contributed by atoms with Gasteiger partial charge in [0.05, 0.1) is 46.5 Å². The van der Waals surface area contributed by atoms with Crippen molar-refractivity contribution in [2.24, 2.45) is 7.05 Å². The highest BCUT2D eigenvalue weighted by Crippen LogP contribution is 2.43. The summed E-state index contributed by atoms with van der Waals surface area (Å²) in [7, 11) is 1.74. The standard InChI is InChI=1S/C24H18F3N7O/c1-13-20-21(14-3-5-16(6-4-14)33-11-15(10-30-33)24(25,26)27)34(23(35)22(20)32(2)31-13)17-7-8-18-19(9-17)29-12-28-18/h3-12,21H,1-2H3,(H,28,29). The van der Waals surface area contributed by atoms with Crippen molar-refractivity contribution in [3.05, 3.63) is 89.3 Å². The molecule has 3 aromatic heterocycles. The Bertz CT molecular complexity index is 1590. The molecule has 0 radical (unpaired) electrons. The lowest BCUT2D eigenvalue weighted by Crippen LogP contribution is -2.30. The van der Waals surface area contributed by atoms with Gasteiger partial charge < -0.3 is 4.98 Å². The number of anilines is 1. The van der Waals surface area contributed by atoms with Gasteiger partial charge in [0.1, 0.15) is 5.69 Å². The summed E-state index contributed by atoms with van der Waals surface area (Å²) in [5, 5.41) is 8.29. The molecule has 11 heteroatoms. The van der Waals surface area contributed by atoms with Gasteiger partial charge in [-0.15, -0.1) is 0 Å². The van der Waals surface area contributed by atoms with E-state index in [1.54, 1.807) is 47.2 Å². The molecule has 0 bridgehead atoms. The molecule has 0 aliphatic carbocycles. The lowest BCUT2D eigenvalue weighted by atomic mass is 9.98. The van der Waals surface area contributed by atoms with Crippen LogP contribution in [0.3, 0.4) is 0 Å². The maximum atomic E-state index is 13.6. The summed E-state index contributed by atoms with van der Waals surface area (Å²) in [5.74, 6) is -0.186. The van der Waals surface area contributed by atoms with Gasteiger partial charge in [-0.1, -0.05) is 12.1 Å². The number of aromatic amines is 1. The first kappa shape index (κ1) is 21.1. The van der Waals surface area contributed by atoms with E-state index in [1.165, 1.54) is 4.68 Å². The minimum atomic E-state index is -4.47. The van der Waals surface area contributed by atoms with Crippen molar-refractivity contribution in [1.29, 1.82) is 0 Å². The lowest BCUT2D eigenvalue weighted by Gasteiger charge is -2.26. The van der Waals surface area contributed by atoms with Crippen LogP contribution in [0.1, 0.15) is 38.9 Å². The molecular formula is C24H18F3N7O. The lowest BCUT2D eigenvalue weighted by molar-refractivity contribution is -0.137. The Morgan fingerprint density at radius 1 is 1.06 bits per heavy atom. The first-order valence-electron chi connectivity index (χ1n) is 10.7. The molecule has 5 aromatic rings. The van der Waals surface area contributed by atoms with Crippen LogP contribution in [0.15, 0.2) is 61.2 Å². The van der Waals surface area contributed by atoms with Gasteiger partial charge in [-0.05, 0) is 42.8 Å². The van der Waals surface area contributed by atoms with Crippen LogP contribution in [-0.4, -0.2) is 35.4 Å². The third kappa shape index (κ3) is 3.22. The molecule has 1 N–H and O–H groups in total. The van der Waals surface area contributed by atoms with Crippen molar-refractivity contribution in [2.45, 2.75) is 19.1 Å². The van der Waals surface area contributed by atoms with Crippen LogP contribution in [-0.2, 0) is 13.2 Å². The summed E-state index contributed by atoms with van der Waals surface area (Å²) in [6, 6.07) is 12.1. The number of nitrogens with zero attached hydrogens (tertiary/aromatic N) is 6. The molecule has 0 saturated carbocycles. The van der Waals surface area contributed by atoms with Crippen LogP contribution < -0.4 is 4.90 Å². The Morgan fingerprint density at radius 2 is 1.80 bits per heavy atom. The highest BCUT2D eigenvalue weighted by Gasteiger charge is 2.43. The first-order valence-corrected chi connectivity index (χ1v) is 10.7. The van der Waals surface area contributed by atoms with Crippen LogP contribution >= 0.6 is 0 Å². The molecule has 6 rings (SSSR count). The van der Waals surface area contributed by atoms with Crippen molar-refractivity contribution >= 4 is 22.6 Å². The fraction of sp³-hybridized carbons (Fsp3) is 0.167. The molecule has 176 valence electrons. The molecular weight excluding hydrogens is 459 g/mol. The molecule has 35 heavy (non-hydrogen) atoms. The van der Waals surface area contributed by atoms with E-state index in [9.17, 15) is 18.0 Å². The largest absolute Gasteiger partial charge is 0.419 e. The third-order valence-corrected chi connectivity index (χ3v) is 6.29. The van der Waals surface area contributed by atoms with Crippen LogP contribution in [0.2, 0.25) is 0 Å². The number of H-pyrrole nitrogens is 1. The minimum Gasteiger partial charge on any atom is -0.345 e. The van der Waals surface area contributed by atoms with E-state index in [-0.39, 0.29) is 5.91 Å². The maximum absolute atomic E-state index is 13.6. The Morgan fingerprint density at radius 3 is 2.51 bits per heavy atom. The summed E-state index contributed by atoms with van der Waals surface area (Å²) in [5.41, 5.74) is 4.74. The van der Waals surface area contributed by atoms with Crippen LogP contribution in [0, 0.1) is 6.92 Å². The summed E-state index contributed by atoms with van der Waals surface area (Å²) < 4.78 is 41.7. The molecule has 2 aromatic carbocycles. The number of hydrogen-bond donors (Lipinski definition) is 1. The average molecular weight is 477 g/mol. The number of fused-ring (bicyclic) bond motifs is 2. The number of rotatable bonds is 3. The second-order valence-corrected chi connectivity index (χ2v) is 8.42. The molecule has 0 spiro atoms. The Balaban J connectivity index is 1.44. The second kappa shape index (κ2) is 7.29. The fourth-order valence-corrected chi connectivity index (χ4v) is 4.69. The highest BCUT2D eigenvalue weighted by atomic mass is 19.4. The van der Waals surface area contributed by atoms with Gasteiger partial charge in [0, 0.05) is 24.5 Å². The predicted molar refractivity (Wildman–Crippen MR) is 121 cm³/mol. The van der Waals surface area contributed by atoms with Crippen molar-refractivity contribution in [2.75, 3.05) is 4.90 Å². The number of halogens is 3. The van der Waals surface area contributed by atoms with Crippen LogP contribution in [0.5, 0.6) is 0 Å². The Labute approximate surface area is 196 Å². The number of hydrogen-bond acceptors (Lipinski definition) is 4. The van der Waals surface area contributed by atoms with Gasteiger partial charge in [-0.2, -0.15) is 23.4 Å². The molecule has 0 saturated heterocycles. The molecule has 1 amide bonds. The second-order valence-electron chi connectivity index (χ2n) is 8.42. The van der Waals surface area contributed by atoms with Gasteiger partial charge >= 0.3 is 6.18 Å². The number of imidazole rings is 1. The van der Waals surface area contributed by atoms with Gasteiger partial charge in [-0.3, -0.25) is 14.4 Å². The number of amides is 1. The number of carbonyl (C=O) groups is 1. The predicted octanol–water partition coefficient (Wildman–Crippen LogP) is 4.56. The van der Waals surface area contributed by atoms with Gasteiger partial charge in [-0.25, -0.2) is 9.67 Å². The number of nitrogens with one attached hydrogen (secondary N) is 1. The molecule has 0 fully saturated rings. The smallest absolute Gasteiger partial charge is 0.345 e. The molecule has 8 nitrogen and oxygen atoms in total. The number of alkyl halides is 3. The van der Waals surface area contributed by atoms with Crippen molar-refractivity contribution in [3.8, 4) is 5.69 Å². The quantitative estimate of drug-likeness (QED) is 0.413. The third-order valence-electron chi connectivity index (χ3n) is 6.29. The van der Waals surface area contributed by atoms with Crippen LogP contribution in [0.25, 0.3) is 16.7 Å². The zero-order chi connectivity index (χ0) is 24.5. The molecule has 1 aliphatic heterocycles. The first-order chi connectivity index (χ1) is 16.7. The van der Waals surface area contributed by atoms with E-state index in [4.69, 9.17) is 0 Å². The van der Waals surface area contributed by atoms with Crippen LogP contribution in [0.4, 0.5) is 18.9 Å². The molecule has 1 unspecified atom stereocenters. The Hall–Kier alpha value is -4.41. The van der Waals surface area contributed by atoms with E-state index in [1.807, 2.05) is 25.1 Å². The number of carbonyl (C=O) groups excluding carboxylic acids is 1. The topological polar surface area (TPSA) is 84.6 Å². The van der Waals surface area contributed by atoms with E-state index in [0.717, 1.165) is 40.2 Å². The van der Waals surface area contributed by atoms with Crippen molar-refractivity contribution in [1.82, 2.24) is 29.5 Å². The molecule has 1 aliphatic rings. The van der Waals surface area contributed by atoms with Crippen molar-refractivity contribution < 1.29 is 18.0 Å². The minimum absolute atomic E-state index is 0.186. The van der Waals surface area contributed by atoms with E-state index < -0.39 is 17.8 Å². The van der Waals surface area contributed by atoms with Gasteiger partial charge in [0.25, 0.3) is 5.91 Å². The Kier molecular flexibility index (Phi) is 4.41. The number of benzene rings is 2. The average Bonchev–Trinajstić information content (AvgIpc) is 3.59. The fourth-order valence-electron chi connectivity index (χ4n) is 4.69. The van der Waals surface area contributed by atoms with E-state index >= 15 is 0 Å². The van der Waals surface area contributed by atoms with E-state index in [2.05, 4.69) is 20.2 Å². The van der Waals surface area contributed by atoms with Gasteiger partial charge in [0.2, 0.25) is 0 Å². The maximum Gasteiger partial charge on any atom is 0.419 e. The summed E-state index contributed by atoms with van der Waals surface area (Å²) in [6.07, 6.45) is -1.13. The van der Waals surface area contributed by atoms with Crippen molar-refractivity contribution in [3.63, 3.8) is 0 Å². The monoisotopic (exact) mass is 477 g/mol. The molecule has 4 heterocycles. The summed E-state index contributed by atoms with van der Waals surface area (Å²) >= 11 is 0. The summed E-state index contributed by atoms with van der Waals surface area (Å²) in [4.78, 5) is 22.7.